The predicted molar refractivity (Wildman–Crippen MR) is 84.6 cm³/mol. The lowest BCUT2D eigenvalue weighted by molar-refractivity contribution is 0.102. The Morgan fingerprint density at radius 3 is 2.20 bits per heavy atom. The fourth-order valence-electron chi connectivity index (χ4n) is 1.75. The van der Waals surface area contributed by atoms with Gasteiger partial charge in [0.15, 0.2) is 0 Å². The third-order valence-corrected chi connectivity index (χ3v) is 3.59. The van der Waals surface area contributed by atoms with Crippen LogP contribution in [0.1, 0.15) is 22.8 Å². The first-order valence-electron chi connectivity index (χ1n) is 6.16. The van der Waals surface area contributed by atoms with E-state index in [0.717, 1.165) is 6.42 Å². The summed E-state index contributed by atoms with van der Waals surface area (Å²) in [6.45, 7) is 2.06. The van der Waals surface area contributed by atoms with Crippen molar-refractivity contribution in [1.29, 1.82) is 0 Å². The number of hydrogen-bond acceptors (Lipinski definition) is 2. The Kier molecular flexibility index (Phi) is 4.53. The fourth-order valence-corrected chi connectivity index (χ4v) is 2.24. The second kappa shape index (κ2) is 6.16. The molecule has 0 saturated heterocycles. The Balaban J connectivity index is 2.18. The molecule has 5 heteroatoms. The summed E-state index contributed by atoms with van der Waals surface area (Å²) in [6.07, 6.45) is 0.936. The number of rotatable bonds is 3. The van der Waals surface area contributed by atoms with Crippen molar-refractivity contribution in [2.24, 2.45) is 0 Å². The molecule has 104 valence electrons. The van der Waals surface area contributed by atoms with E-state index in [0.29, 0.717) is 27.0 Å². The zero-order valence-electron chi connectivity index (χ0n) is 10.9. The van der Waals surface area contributed by atoms with Crippen molar-refractivity contribution in [3.8, 4) is 0 Å². The Morgan fingerprint density at radius 2 is 1.70 bits per heavy atom. The number of halogens is 2. The second-order valence-electron chi connectivity index (χ2n) is 4.36. The minimum absolute atomic E-state index is 0.218. The van der Waals surface area contributed by atoms with Gasteiger partial charge >= 0.3 is 0 Å². The lowest BCUT2D eigenvalue weighted by Crippen LogP contribution is -2.12. The minimum atomic E-state index is -0.218. The minimum Gasteiger partial charge on any atom is -0.396 e. The molecule has 0 radical (unpaired) electrons. The number of hydrogen-bond donors (Lipinski definition) is 2. The molecular weight excluding hydrogens is 295 g/mol. The normalized spacial score (nSPS) is 10.3. The van der Waals surface area contributed by atoms with Crippen LogP contribution in [0.4, 0.5) is 11.4 Å². The van der Waals surface area contributed by atoms with E-state index in [1.54, 1.807) is 24.3 Å². The van der Waals surface area contributed by atoms with E-state index in [9.17, 15) is 4.79 Å². The number of amides is 1. The van der Waals surface area contributed by atoms with Crippen LogP contribution in [0.2, 0.25) is 10.0 Å². The summed E-state index contributed by atoms with van der Waals surface area (Å²) in [5, 5.41) is 3.37. The highest BCUT2D eigenvalue weighted by molar-refractivity contribution is 6.39. The second-order valence-corrected chi connectivity index (χ2v) is 5.17. The maximum absolute atomic E-state index is 12.1. The molecule has 2 aromatic rings. The van der Waals surface area contributed by atoms with Crippen LogP contribution < -0.4 is 11.1 Å². The van der Waals surface area contributed by atoms with E-state index >= 15 is 0 Å². The molecule has 0 spiro atoms. The molecule has 0 atom stereocenters. The molecule has 1 amide bonds. The number of nitrogens with two attached hydrogens (primary N) is 1. The van der Waals surface area contributed by atoms with Gasteiger partial charge in [0, 0.05) is 11.3 Å². The number of nitrogens with one attached hydrogen (secondary N) is 1. The van der Waals surface area contributed by atoms with Crippen LogP contribution in [0.25, 0.3) is 0 Å². The molecule has 0 unspecified atom stereocenters. The number of aryl methyl sites for hydroxylation is 1. The van der Waals surface area contributed by atoms with Gasteiger partial charge in [-0.15, -0.1) is 0 Å². The predicted octanol–water partition coefficient (Wildman–Crippen LogP) is 4.39. The summed E-state index contributed by atoms with van der Waals surface area (Å²) in [5.41, 5.74) is 8.22. The first-order valence-corrected chi connectivity index (χ1v) is 6.91. The quantitative estimate of drug-likeness (QED) is 0.826. The zero-order chi connectivity index (χ0) is 14.7. The highest BCUT2D eigenvalue weighted by atomic mass is 35.5. The zero-order valence-corrected chi connectivity index (χ0v) is 12.4. The summed E-state index contributed by atoms with van der Waals surface area (Å²) in [5.74, 6) is -0.218. The molecule has 2 aromatic carbocycles. The number of nitrogen functional groups attached to an aromatic ring is 1. The summed E-state index contributed by atoms with van der Waals surface area (Å²) in [6, 6.07) is 10.6. The molecule has 0 aliphatic carbocycles. The van der Waals surface area contributed by atoms with Gasteiger partial charge in [-0.05, 0) is 36.2 Å². The van der Waals surface area contributed by atoms with Crippen molar-refractivity contribution in [3.63, 3.8) is 0 Å². The summed E-state index contributed by atoms with van der Waals surface area (Å²) in [7, 11) is 0. The Morgan fingerprint density at radius 1 is 1.15 bits per heavy atom. The van der Waals surface area contributed by atoms with Gasteiger partial charge < -0.3 is 11.1 Å². The van der Waals surface area contributed by atoms with Crippen molar-refractivity contribution in [1.82, 2.24) is 0 Å². The van der Waals surface area contributed by atoms with Crippen molar-refractivity contribution in [2.45, 2.75) is 13.3 Å². The molecule has 0 bridgehead atoms. The molecule has 0 aromatic heterocycles. The van der Waals surface area contributed by atoms with E-state index in [1.165, 1.54) is 5.56 Å². The van der Waals surface area contributed by atoms with Gasteiger partial charge in [-0.25, -0.2) is 0 Å². The standard InChI is InChI=1S/C15H14Cl2N2O/c1-2-9-3-5-10(6-4-9)15(20)19-11-7-12(16)14(18)13(17)8-11/h3-8H,2,18H2,1H3,(H,19,20). The molecule has 0 aliphatic rings. The lowest BCUT2D eigenvalue weighted by atomic mass is 10.1. The lowest BCUT2D eigenvalue weighted by Gasteiger charge is -2.09. The van der Waals surface area contributed by atoms with Crippen molar-refractivity contribution in [3.05, 3.63) is 57.6 Å². The van der Waals surface area contributed by atoms with Crippen LogP contribution in [0.5, 0.6) is 0 Å². The van der Waals surface area contributed by atoms with Gasteiger partial charge in [-0.1, -0.05) is 42.3 Å². The topological polar surface area (TPSA) is 55.1 Å². The maximum atomic E-state index is 12.1. The molecule has 0 saturated carbocycles. The highest BCUT2D eigenvalue weighted by Crippen LogP contribution is 2.31. The first kappa shape index (κ1) is 14.7. The van der Waals surface area contributed by atoms with Crippen LogP contribution in [0.3, 0.4) is 0 Å². The maximum Gasteiger partial charge on any atom is 0.255 e. The fraction of sp³-hybridized carbons (Fsp3) is 0.133. The molecule has 20 heavy (non-hydrogen) atoms. The van der Waals surface area contributed by atoms with E-state index in [-0.39, 0.29) is 5.91 Å². The smallest absolute Gasteiger partial charge is 0.255 e. The van der Waals surface area contributed by atoms with E-state index in [4.69, 9.17) is 28.9 Å². The van der Waals surface area contributed by atoms with Crippen LogP contribution in [-0.2, 0) is 6.42 Å². The molecule has 3 N–H and O–H groups in total. The number of anilines is 2. The highest BCUT2D eigenvalue weighted by Gasteiger charge is 2.09. The molecule has 0 heterocycles. The summed E-state index contributed by atoms with van der Waals surface area (Å²) in [4.78, 5) is 12.1. The molecule has 2 rings (SSSR count). The van der Waals surface area contributed by atoms with Crippen molar-refractivity contribution >= 4 is 40.5 Å². The molecule has 0 fully saturated rings. The molecule has 3 nitrogen and oxygen atoms in total. The van der Waals surface area contributed by atoms with Gasteiger partial charge in [0.25, 0.3) is 5.91 Å². The number of carbonyl (C=O) groups excluding carboxylic acids is 1. The van der Waals surface area contributed by atoms with E-state index in [2.05, 4.69) is 12.2 Å². The first-order chi connectivity index (χ1) is 9.51. The van der Waals surface area contributed by atoms with Crippen molar-refractivity contribution in [2.75, 3.05) is 11.1 Å². The third-order valence-electron chi connectivity index (χ3n) is 2.96. The van der Waals surface area contributed by atoms with Crippen molar-refractivity contribution < 1.29 is 4.79 Å². The average Bonchev–Trinajstić information content (AvgIpc) is 2.44. The summed E-state index contributed by atoms with van der Waals surface area (Å²) >= 11 is 11.9. The van der Waals surface area contributed by atoms with Gasteiger partial charge in [0.1, 0.15) is 0 Å². The Hall–Kier alpha value is -1.71. The van der Waals surface area contributed by atoms with E-state index < -0.39 is 0 Å². The van der Waals surface area contributed by atoms with Gasteiger partial charge in [0.2, 0.25) is 0 Å². The van der Waals surface area contributed by atoms with Crippen LogP contribution >= 0.6 is 23.2 Å². The van der Waals surface area contributed by atoms with Gasteiger partial charge in [0.05, 0.1) is 15.7 Å². The third kappa shape index (κ3) is 3.24. The SMILES string of the molecule is CCc1ccc(C(=O)Nc2cc(Cl)c(N)c(Cl)c2)cc1. The monoisotopic (exact) mass is 308 g/mol. The van der Waals surface area contributed by atoms with Crippen LogP contribution in [0.15, 0.2) is 36.4 Å². The van der Waals surface area contributed by atoms with E-state index in [1.807, 2.05) is 12.1 Å². The van der Waals surface area contributed by atoms with Gasteiger partial charge in [-0.3, -0.25) is 4.79 Å². The number of benzene rings is 2. The van der Waals surface area contributed by atoms with Crippen LogP contribution in [0, 0.1) is 0 Å². The number of carbonyl (C=O) groups is 1. The Bertz CT molecular complexity index is 616. The molecule has 0 aliphatic heterocycles. The van der Waals surface area contributed by atoms with Crippen LogP contribution in [-0.4, -0.2) is 5.91 Å². The molecular formula is C15H14Cl2N2O. The largest absolute Gasteiger partial charge is 0.396 e. The summed E-state index contributed by atoms with van der Waals surface area (Å²) < 4.78 is 0. The Labute approximate surface area is 127 Å². The average molecular weight is 309 g/mol. The van der Waals surface area contributed by atoms with Gasteiger partial charge in [-0.2, -0.15) is 0 Å².